The first-order chi connectivity index (χ1) is 35.9. The molecule has 0 bridgehead atoms. The molecule has 2 rings (SSSR count). The number of unbranched alkanes of at least 4 members (excludes halogenated alkanes) is 21. The molecule has 0 spiro atoms. The fraction of sp³-hybridized carbons (Fsp3) is 0.857. The van der Waals surface area contributed by atoms with Crippen molar-refractivity contribution in [3.63, 3.8) is 0 Å². The van der Waals surface area contributed by atoms with Crippen molar-refractivity contribution >= 4 is 29.6 Å². The Hall–Kier alpha value is -3.21. The highest BCUT2D eigenvalue weighted by Gasteiger charge is 2.39. The van der Waals surface area contributed by atoms with E-state index in [1.165, 1.54) is 116 Å². The standard InChI is InChI=1S/C63H113N3O8/c1-8-12-16-18-21-29-39-56(40-30-22-19-17-13-9-2)73-59(67)41-31-23-20-26-34-50-71-61(69)58-52-57(74-60(68)44-49-65(7)55-42-46-64-47-43-55)53-66(58)48-33-25-24-32-45-63(5,6)62(70)72-51-35-38-54(36-27-14-10-3)37-28-15-11-4/h42-43,46-47,54,56-58H,8-41,44-45,48-53H2,1-7H3/t57-,58-/m0/s1. The minimum Gasteiger partial charge on any atom is -0.465 e. The topological polar surface area (TPSA) is 125 Å². The first-order valence-corrected chi connectivity index (χ1v) is 31.0. The van der Waals surface area contributed by atoms with Crippen molar-refractivity contribution in [2.24, 2.45) is 11.3 Å². The number of carbonyl (C=O) groups excluding carboxylic acids is 4. The molecule has 11 heteroatoms. The van der Waals surface area contributed by atoms with E-state index in [0.29, 0.717) is 45.7 Å². The summed E-state index contributed by atoms with van der Waals surface area (Å²) in [4.78, 5) is 61.0. The second-order valence-corrected chi connectivity index (χ2v) is 22.8. The van der Waals surface area contributed by atoms with Crippen molar-refractivity contribution in [2.75, 3.05) is 44.8 Å². The number of esters is 4. The van der Waals surface area contributed by atoms with Gasteiger partial charge in [-0.2, -0.15) is 0 Å². The van der Waals surface area contributed by atoms with Crippen LogP contribution >= 0.6 is 0 Å². The zero-order chi connectivity index (χ0) is 53.9. The number of carbonyl (C=O) groups is 4. The molecule has 428 valence electrons. The summed E-state index contributed by atoms with van der Waals surface area (Å²) in [5.74, 6) is 0.0852. The van der Waals surface area contributed by atoms with E-state index < -0.39 is 11.5 Å². The number of ether oxygens (including phenoxy) is 4. The molecule has 1 aromatic rings. The number of hydrogen-bond acceptors (Lipinski definition) is 11. The number of hydrogen-bond donors (Lipinski definition) is 0. The lowest BCUT2D eigenvalue weighted by Gasteiger charge is -2.24. The summed E-state index contributed by atoms with van der Waals surface area (Å²) in [7, 11) is 1.95. The van der Waals surface area contributed by atoms with Gasteiger partial charge in [-0.25, -0.2) is 0 Å². The highest BCUT2D eigenvalue weighted by atomic mass is 16.6. The summed E-state index contributed by atoms with van der Waals surface area (Å²) in [5.41, 5.74) is 0.462. The summed E-state index contributed by atoms with van der Waals surface area (Å²) in [5, 5.41) is 0. The van der Waals surface area contributed by atoms with Gasteiger partial charge in [-0.3, -0.25) is 29.1 Å². The average Bonchev–Trinajstić information content (AvgIpc) is 3.80. The molecule has 0 N–H and O–H groups in total. The SMILES string of the molecule is CCCCCCCCC(CCCCCCCC)OC(=O)CCCCCCCOC(=O)[C@@H]1C[C@H](OC(=O)CCN(C)c2ccncc2)CN1CCCCCCC(C)(C)C(=O)OCCCC(CCCCC)CCCCC. The van der Waals surface area contributed by atoms with Crippen LogP contribution in [0.25, 0.3) is 0 Å². The van der Waals surface area contributed by atoms with Crippen LogP contribution in [0, 0.1) is 11.3 Å². The smallest absolute Gasteiger partial charge is 0.323 e. The largest absolute Gasteiger partial charge is 0.465 e. The Labute approximate surface area is 453 Å². The summed E-state index contributed by atoms with van der Waals surface area (Å²) in [6.07, 6.45) is 42.7. The molecule has 1 saturated heterocycles. The van der Waals surface area contributed by atoms with Gasteiger partial charge in [0, 0.05) is 51.1 Å². The van der Waals surface area contributed by atoms with Crippen molar-refractivity contribution in [1.29, 1.82) is 0 Å². The van der Waals surface area contributed by atoms with Crippen molar-refractivity contribution < 1.29 is 38.1 Å². The number of nitrogens with zero attached hydrogens (tertiary/aromatic N) is 3. The number of anilines is 1. The summed E-state index contributed by atoms with van der Waals surface area (Å²) in [6, 6.07) is 3.37. The molecule has 0 aromatic carbocycles. The minimum atomic E-state index is -0.521. The van der Waals surface area contributed by atoms with E-state index in [1.807, 2.05) is 37.9 Å². The molecule has 2 atom stereocenters. The Morgan fingerprint density at radius 3 is 1.76 bits per heavy atom. The van der Waals surface area contributed by atoms with E-state index in [9.17, 15) is 19.2 Å². The number of rotatable bonds is 49. The van der Waals surface area contributed by atoms with Crippen molar-refractivity contribution in [2.45, 2.75) is 297 Å². The van der Waals surface area contributed by atoms with E-state index in [1.54, 1.807) is 12.4 Å². The lowest BCUT2D eigenvalue weighted by molar-refractivity contribution is -0.154. The normalized spacial score (nSPS) is 15.0. The lowest BCUT2D eigenvalue weighted by Crippen LogP contribution is -2.38. The van der Waals surface area contributed by atoms with Crippen molar-refractivity contribution in [3.05, 3.63) is 24.5 Å². The maximum atomic E-state index is 13.6. The van der Waals surface area contributed by atoms with Crippen LogP contribution in [0.3, 0.4) is 0 Å². The van der Waals surface area contributed by atoms with Crippen LogP contribution in [0.4, 0.5) is 5.69 Å². The fourth-order valence-corrected chi connectivity index (χ4v) is 10.5. The van der Waals surface area contributed by atoms with E-state index in [4.69, 9.17) is 18.9 Å². The molecule has 74 heavy (non-hydrogen) atoms. The molecule has 0 amide bonds. The van der Waals surface area contributed by atoms with Gasteiger partial charge in [-0.05, 0) is 103 Å². The number of pyridine rings is 1. The monoisotopic (exact) mass is 1040 g/mol. The van der Waals surface area contributed by atoms with E-state index >= 15 is 0 Å². The molecule has 0 unspecified atom stereocenters. The molecule has 1 aliphatic rings. The predicted molar refractivity (Wildman–Crippen MR) is 305 cm³/mol. The number of likely N-dealkylation sites (tertiary alicyclic amines) is 1. The van der Waals surface area contributed by atoms with Crippen molar-refractivity contribution in [1.82, 2.24) is 9.88 Å². The van der Waals surface area contributed by atoms with Gasteiger partial charge in [0.2, 0.25) is 0 Å². The van der Waals surface area contributed by atoms with Crippen LogP contribution in [0.15, 0.2) is 24.5 Å². The van der Waals surface area contributed by atoms with Gasteiger partial charge in [-0.1, -0.05) is 182 Å². The maximum absolute atomic E-state index is 13.6. The van der Waals surface area contributed by atoms with E-state index in [2.05, 4.69) is 37.6 Å². The quantitative estimate of drug-likeness (QED) is 0.0352. The molecular weight excluding hydrogens is 927 g/mol. The first-order valence-electron chi connectivity index (χ1n) is 31.0. The van der Waals surface area contributed by atoms with Crippen LogP contribution in [0.2, 0.25) is 0 Å². The van der Waals surface area contributed by atoms with Crippen LogP contribution in [0.1, 0.15) is 279 Å². The van der Waals surface area contributed by atoms with E-state index in [0.717, 1.165) is 114 Å². The van der Waals surface area contributed by atoms with Gasteiger partial charge in [0.1, 0.15) is 18.2 Å². The van der Waals surface area contributed by atoms with Gasteiger partial charge in [-0.15, -0.1) is 0 Å². The number of aromatic nitrogens is 1. The van der Waals surface area contributed by atoms with Gasteiger partial charge in [0.15, 0.2) is 0 Å². The fourth-order valence-electron chi connectivity index (χ4n) is 10.5. The second-order valence-electron chi connectivity index (χ2n) is 22.8. The minimum absolute atomic E-state index is 0.0516. The molecule has 0 saturated carbocycles. The molecule has 11 nitrogen and oxygen atoms in total. The van der Waals surface area contributed by atoms with Crippen molar-refractivity contribution in [3.8, 4) is 0 Å². The van der Waals surface area contributed by atoms with Gasteiger partial charge >= 0.3 is 23.9 Å². The molecule has 1 aliphatic heterocycles. The third kappa shape index (κ3) is 33.1. The average molecular weight is 1040 g/mol. The van der Waals surface area contributed by atoms with E-state index in [-0.39, 0.29) is 42.5 Å². The lowest BCUT2D eigenvalue weighted by atomic mass is 9.87. The second kappa shape index (κ2) is 43.8. The molecular formula is C63H113N3O8. The summed E-state index contributed by atoms with van der Waals surface area (Å²) >= 11 is 0. The summed E-state index contributed by atoms with van der Waals surface area (Å²) < 4.78 is 23.8. The van der Waals surface area contributed by atoms with Crippen LogP contribution in [0.5, 0.6) is 0 Å². The Morgan fingerprint density at radius 2 is 1.12 bits per heavy atom. The third-order valence-corrected chi connectivity index (χ3v) is 15.5. The van der Waals surface area contributed by atoms with Gasteiger partial charge in [0.25, 0.3) is 0 Å². The van der Waals surface area contributed by atoms with Crippen LogP contribution < -0.4 is 4.90 Å². The maximum Gasteiger partial charge on any atom is 0.323 e. The molecule has 1 aromatic heterocycles. The highest BCUT2D eigenvalue weighted by molar-refractivity contribution is 5.77. The highest BCUT2D eigenvalue weighted by Crippen LogP contribution is 2.29. The molecule has 0 radical (unpaired) electrons. The predicted octanol–water partition coefficient (Wildman–Crippen LogP) is 16.3. The Morgan fingerprint density at radius 1 is 0.608 bits per heavy atom. The Balaban J connectivity index is 1.79. The van der Waals surface area contributed by atoms with Gasteiger partial charge < -0.3 is 23.8 Å². The van der Waals surface area contributed by atoms with Gasteiger partial charge in [0.05, 0.1) is 25.0 Å². The van der Waals surface area contributed by atoms with Crippen LogP contribution in [-0.2, 0) is 38.1 Å². The molecule has 2 heterocycles. The van der Waals surface area contributed by atoms with Crippen LogP contribution in [-0.4, -0.2) is 91.9 Å². The third-order valence-electron chi connectivity index (χ3n) is 15.5. The Bertz CT molecular complexity index is 1520. The Kier molecular flexibility index (Phi) is 39.6. The molecule has 0 aliphatic carbocycles. The first kappa shape index (κ1) is 66.9. The zero-order valence-electron chi connectivity index (χ0n) is 48.9. The summed E-state index contributed by atoms with van der Waals surface area (Å²) in [6.45, 7) is 15.6. The molecule has 1 fully saturated rings. The zero-order valence-corrected chi connectivity index (χ0v) is 48.9.